The highest BCUT2D eigenvalue weighted by Crippen LogP contribution is 2.23. The summed E-state index contributed by atoms with van der Waals surface area (Å²) in [5.41, 5.74) is 2.42. The van der Waals surface area contributed by atoms with E-state index in [0.717, 1.165) is 11.3 Å². The molecule has 28 heavy (non-hydrogen) atoms. The molecular formula is C20H18N4O3S. The normalized spacial score (nSPS) is 10.4. The highest BCUT2D eigenvalue weighted by molar-refractivity contribution is 7.99. The maximum absolute atomic E-state index is 12.4. The Bertz CT molecular complexity index is 996. The summed E-state index contributed by atoms with van der Waals surface area (Å²) in [6.07, 6.45) is 3.40. The zero-order valence-corrected chi connectivity index (χ0v) is 16.2. The quantitative estimate of drug-likeness (QED) is 0.389. The molecule has 0 atom stereocenters. The number of aromatic nitrogens is 3. The Morgan fingerprint density at radius 1 is 1.11 bits per heavy atom. The minimum absolute atomic E-state index is 0.141. The van der Waals surface area contributed by atoms with Crippen LogP contribution >= 0.6 is 11.8 Å². The number of hydrogen-bond donors (Lipinski definition) is 1. The van der Waals surface area contributed by atoms with Crippen LogP contribution in [0.4, 0.5) is 5.69 Å². The molecule has 0 radical (unpaired) electrons. The van der Waals surface area contributed by atoms with E-state index in [1.165, 1.54) is 18.9 Å². The van der Waals surface area contributed by atoms with Crippen molar-refractivity contribution < 1.29 is 14.3 Å². The van der Waals surface area contributed by atoms with Crippen LogP contribution in [0.25, 0.3) is 11.3 Å². The maximum atomic E-state index is 12.4. The SMILES string of the molecule is COC(=O)c1ccccc1NC(=O)CSc1cc(-c2ccncc2)nc(C)n1. The summed E-state index contributed by atoms with van der Waals surface area (Å²) in [4.78, 5) is 37.0. The first kappa shape index (κ1) is 19.5. The Labute approximate surface area is 166 Å². The average molecular weight is 394 g/mol. The molecule has 1 amide bonds. The molecule has 0 saturated carbocycles. The zero-order chi connectivity index (χ0) is 19.9. The molecule has 3 rings (SSSR count). The molecule has 0 aliphatic heterocycles. The molecule has 8 heteroatoms. The number of para-hydroxylation sites is 1. The third kappa shape index (κ3) is 4.92. The maximum Gasteiger partial charge on any atom is 0.339 e. The van der Waals surface area contributed by atoms with Crippen LogP contribution in [0, 0.1) is 6.92 Å². The third-order valence-electron chi connectivity index (χ3n) is 3.75. The van der Waals surface area contributed by atoms with E-state index in [2.05, 4.69) is 20.3 Å². The second-order valence-electron chi connectivity index (χ2n) is 5.75. The van der Waals surface area contributed by atoms with Crippen LogP contribution in [0.2, 0.25) is 0 Å². The van der Waals surface area contributed by atoms with Gasteiger partial charge in [0.05, 0.1) is 29.8 Å². The number of carbonyl (C=O) groups excluding carboxylic acids is 2. The molecule has 0 fully saturated rings. The minimum atomic E-state index is -0.503. The van der Waals surface area contributed by atoms with E-state index in [1.807, 2.05) is 18.2 Å². The summed E-state index contributed by atoms with van der Waals surface area (Å²) in [5.74, 6) is 0.00942. The van der Waals surface area contributed by atoms with E-state index in [0.29, 0.717) is 22.1 Å². The van der Waals surface area contributed by atoms with Crippen LogP contribution in [0.15, 0.2) is 59.9 Å². The van der Waals surface area contributed by atoms with Gasteiger partial charge in [-0.15, -0.1) is 0 Å². The van der Waals surface area contributed by atoms with Crippen LogP contribution in [0.3, 0.4) is 0 Å². The molecule has 0 aliphatic carbocycles. The summed E-state index contributed by atoms with van der Waals surface area (Å²) in [6, 6.07) is 12.3. The van der Waals surface area contributed by atoms with Crippen molar-refractivity contribution in [2.24, 2.45) is 0 Å². The van der Waals surface area contributed by atoms with Crippen LogP contribution < -0.4 is 5.32 Å². The van der Waals surface area contributed by atoms with Gasteiger partial charge in [-0.05, 0) is 37.3 Å². The molecule has 2 aromatic heterocycles. The lowest BCUT2D eigenvalue weighted by molar-refractivity contribution is -0.113. The molecule has 7 nitrogen and oxygen atoms in total. The number of rotatable bonds is 6. The first-order valence-corrected chi connectivity index (χ1v) is 9.41. The highest BCUT2D eigenvalue weighted by Gasteiger charge is 2.14. The van der Waals surface area contributed by atoms with Crippen LogP contribution in [-0.2, 0) is 9.53 Å². The number of nitrogens with zero attached hydrogens (tertiary/aromatic N) is 3. The molecule has 1 N–H and O–H groups in total. The van der Waals surface area contributed by atoms with Gasteiger partial charge in [-0.25, -0.2) is 14.8 Å². The van der Waals surface area contributed by atoms with Gasteiger partial charge in [0.15, 0.2) is 0 Å². The van der Waals surface area contributed by atoms with Crippen molar-refractivity contribution in [3.8, 4) is 11.3 Å². The van der Waals surface area contributed by atoms with Gasteiger partial charge in [-0.2, -0.15) is 0 Å². The predicted molar refractivity (Wildman–Crippen MR) is 107 cm³/mol. The van der Waals surface area contributed by atoms with Gasteiger partial charge in [-0.3, -0.25) is 9.78 Å². The number of nitrogens with one attached hydrogen (secondary N) is 1. The number of esters is 1. The molecular weight excluding hydrogens is 376 g/mol. The first-order valence-electron chi connectivity index (χ1n) is 8.43. The number of anilines is 1. The van der Waals surface area contributed by atoms with Crippen molar-refractivity contribution in [1.82, 2.24) is 15.0 Å². The Morgan fingerprint density at radius 3 is 2.61 bits per heavy atom. The number of benzene rings is 1. The number of methoxy groups -OCH3 is 1. The fourth-order valence-corrected chi connectivity index (χ4v) is 3.23. The Hall–Kier alpha value is -3.26. The molecule has 3 aromatic rings. The van der Waals surface area contributed by atoms with E-state index in [9.17, 15) is 9.59 Å². The lowest BCUT2D eigenvalue weighted by Crippen LogP contribution is -2.17. The molecule has 0 spiro atoms. The number of hydrogen-bond acceptors (Lipinski definition) is 7. The second kappa shape index (κ2) is 9.09. The van der Waals surface area contributed by atoms with Crippen molar-refractivity contribution >= 4 is 29.3 Å². The van der Waals surface area contributed by atoms with E-state index in [4.69, 9.17) is 4.74 Å². The van der Waals surface area contributed by atoms with E-state index in [-0.39, 0.29) is 11.7 Å². The van der Waals surface area contributed by atoms with Gasteiger partial charge in [0, 0.05) is 18.0 Å². The van der Waals surface area contributed by atoms with Gasteiger partial charge in [0.1, 0.15) is 10.9 Å². The van der Waals surface area contributed by atoms with Crippen molar-refractivity contribution in [2.75, 3.05) is 18.2 Å². The lowest BCUT2D eigenvalue weighted by atomic mass is 10.2. The Morgan fingerprint density at radius 2 is 1.86 bits per heavy atom. The summed E-state index contributed by atoms with van der Waals surface area (Å²) in [6.45, 7) is 1.81. The molecule has 1 aromatic carbocycles. The van der Waals surface area contributed by atoms with Gasteiger partial charge in [-0.1, -0.05) is 23.9 Å². The molecule has 0 saturated heterocycles. The van der Waals surface area contributed by atoms with Gasteiger partial charge in [0.2, 0.25) is 5.91 Å². The standard InChI is InChI=1S/C20H18N4O3S/c1-13-22-17(14-7-9-21-10-8-14)11-19(23-13)28-12-18(25)24-16-6-4-3-5-15(16)20(26)27-2/h3-11H,12H2,1-2H3,(H,24,25). The number of ether oxygens (including phenoxy) is 1. The number of amides is 1. The van der Waals surface area contributed by atoms with Crippen molar-refractivity contribution in [1.29, 1.82) is 0 Å². The molecule has 142 valence electrons. The Kier molecular flexibility index (Phi) is 6.33. The van der Waals surface area contributed by atoms with Crippen molar-refractivity contribution in [3.05, 3.63) is 66.2 Å². The molecule has 0 aliphatic rings. The van der Waals surface area contributed by atoms with Crippen molar-refractivity contribution in [3.63, 3.8) is 0 Å². The zero-order valence-electron chi connectivity index (χ0n) is 15.4. The minimum Gasteiger partial charge on any atom is -0.465 e. The highest BCUT2D eigenvalue weighted by atomic mass is 32.2. The number of aryl methyl sites for hydroxylation is 1. The number of carbonyl (C=O) groups is 2. The summed E-state index contributed by atoms with van der Waals surface area (Å²) >= 11 is 1.30. The summed E-state index contributed by atoms with van der Waals surface area (Å²) < 4.78 is 4.74. The van der Waals surface area contributed by atoms with Crippen LogP contribution in [-0.4, -0.2) is 39.7 Å². The molecule has 0 bridgehead atoms. The number of pyridine rings is 1. The third-order valence-corrected chi connectivity index (χ3v) is 4.66. The van der Waals surface area contributed by atoms with Gasteiger partial charge in [0.25, 0.3) is 0 Å². The van der Waals surface area contributed by atoms with Crippen molar-refractivity contribution in [2.45, 2.75) is 11.9 Å². The average Bonchev–Trinajstić information content (AvgIpc) is 2.72. The fraction of sp³-hybridized carbons (Fsp3) is 0.150. The fourth-order valence-electron chi connectivity index (χ4n) is 2.49. The van der Waals surface area contributed by atoms with Gasteiger partial charge >= 0.3 is 5.97 Å². The number of thioether (sulfide) groups is 1. The Balaban J connectivity index is 1.69. The first-order chi connectivity index (χ1) is 13.6. The monoisotopic (exact) mass is 394 g/mol. The van der Waals surface area contributed by atoms with E-state index >= 15 is 0 Å². The summed E-state index contributed by atoms with van der Waals surface area (Å²) in [5, 5.41) is 3.44. The topological polar surface area (TPSA) is 94.1 Å². The summed E-state index contributed by atoms with van der Waals surface area (Å²) in [7, 11) is 1.30. The van der Waals surface area contributed by atoms with E-state index < -0.39 is 5.97 Å². The second-order valence-corrected chi connectivity index (χ2v) is 6.74. The predicted octanol–water partition coefficient (Wildman–Crippen LogP) is 3.36. The van der Waals surface area contributed by atoms with Crippen LogP contribution in [0.5, 0.6) is 0 Å². The largest absolute Gasteiger partial charge is 0.465 e. The van der Waals surface area contributed by atoms with Crippen LogP contribution in [0.1, 0.15) is 16.2 Å². The lowest BCUT2D eigenvalue weighted by Gasteiger charge is -2.10. The van der Waals surface area contributed by atoms with E-state index in [1.54, 1.807) is 43.6 Å². The van der Waals surface area contributed by atoms with Gasteiger partial charge < -0.3 is 10.1 Å². The molecule has 0 unspecified atom stereocenters. The smallest absolute Gasteiger partial charge is 0.339 e. The molecule has 2 heterocycles.